The fourth-order valence-electron chi connectivity index (χ4n) is 2.54. The van der Waals surface area contributed by atoms with Crippen LogP contribution in [0.2, 0.25) is 0 Å². The molecule has 0 unspecified atom stereocenters. The number of amides is 1. The molecular weight excluding hydrogens is 246 g/mol. The summed E-state index contributed by atoms with van der Waals surface area (Å²) in [6.07, 6.45) is 3.89. The minimum Gasteiger partial charge on any atom is -0.394 e. The highest BCUT2D eigenvalue weighted by molar-refractivity contribution is 7.08. The smallest absolute Gasteiger partial charge is 0.252 e. The largest absolute Gasteiger partial charge is 0.394 e. The quantitative estimate of drug-likeness (QED) is 0.884. The van der Waals surface area contributed by atoms with Gasteiger partial charge in [0.1, 0.15) is 0 Å². The Hall–Kier alpha value is -0.870. The molecule has 4 heteroatoms. The van der Waals surface area contributed by atoms with Crippen LogP contribution in [-0.2, 0) is 0 Å². The first-order valence-electron chi connectivity index (χ1n) is 6.52. The Morgan fingerprint density at radius 3 is 2.67 bits per heavy atom. The zero-order chi connectivity index (χ0) is 13.2. The van der Waals surface area contributed by atoms with E-state index in [1.807, 2.05) is 17.7 Å². The van der Waals surface area contributed by atoms with Crippen LogP contribution in [-0.4, -0.2) is 23.2 Å². The molecular formula is C14H21NO2S. The second kappa shape index (κ2) is 5.41. The monoisotopic (exact) mass is 267 g/mol. The molecule has 0 radical (unpaired) electrons. The Labute approximate surface area is 112 Å². The van der Waals surface area contributed by atoms with Crippen LogP contribution in [0.1, 0.15) is 48.5 Å². The average molecular weight is 267 g/mol. The molecule has 1 aliphatic carbocycles. The van der Waals surface area contributed by atoms with Crippen molar-refractivity contribution in [2.45, 2.75) is 45.1 Å². The maximum atomic E-state index is 12.2. The van der Waals surface area contributed by atoms with E-state index in [2.05, 4.69) is 12.2 Å². The number of carbonyl (C=O) groups is 1. The van der Waals surface area contributed by atoms with Crippen LogP contribution in [0, 0.1) is 12.8 Å². The van der Waals surface area contributed by atoms with Gasteiger partial charge in [0.05, 0.1) is 17.7 Å². The molecule has 18 heavy (non-hydrogen) atoms. The van der Waals surface area contributed by atoms with Crippen LogP contribution in [0.3, 0.4) is 0 Å². The van der Waals surface area contributed by atoms with Crippen LogP contribution in [0.15, 0.2) is 10.8 Å². The fourth-order valence-corrected chi connectivity index (χ4v) is 3.37. The third-order valence-corrected chi connectivity index (χ3v) is 4.87. The molecule has 0 saturated heterocycles. The Morgan fingerprint density at radius 2 is 2.17 bits per heavy atom. The second-order valence-corrected chi connectivity index (χ2v) is 6.29. The Kier molecular flexibility index (Phi) is 4.07. The van der Waals surface area contributed by atoms with Crippen molar-refractivity contribution in [3.63, 3.8) is 0 Å². The molecule has 1 aromatic rings. The van der Waals surface area contributed by atoms with Gasteiger partial charge in [0.2, 0.25) is 0 Å². The summed E-state index contributed by atoms with van der Waals surface area (Å²) in [4.78, 5) is 12.2. The lowest BCUT2D eigenvalue weighted by atomic mass is 9.77. The summed E-state index contributed by atoms with van der Waals surface area (Å²) in [5.41, 5.74) is 1.35. The highest BCUT2D eigenvalue weighted by Crippen LogP contribution is 2.32. The van der Waals surface area contributed by atoms with Crippen LogP contribution in [0.25, 0.3) is 0 Å². The fraction of sp³-hybridized carbons (Fsp3) is 0.643. The number of hydrogen-bond donors (Lipinski definition) is 2. The maximum absolute atomic E-state index is 12.2. The Morgan fingerprint density at radius 1 is 1.50 bits per heavy atom. The number of nitrogens with one attached hydrogen (secondary N) is 1. The predicted molar refractivity (Wildman–Crippen MR) is 74.0 cm³/mol. The molecule has 2 N–H and O–H groups in total. The van der Waals surface area contributed by atoms with E-state index in [-0.39, 0.29) is 12.5 Å². The predicted octanol–water partition coefficient (Wildman–Crippen LogP) is 2.73. The molecule has 1 amide bonds. The van der Waals surface area contributed by atoms with Crippen LogP contribution >= 0.6 is 11.3 Å². The minimum atomic E-state index is -0.405. The van der Waals surface area contributed by atoms with E-state index in [9.17, 15) is 9.90 Å². The average Bonchev–Trinajstić information content (AvgIpc) is 2.79. The third-order valence-electron chi connectivity index (χ3n) is 4.01. The van der Waals surface area contributed by atoms with Crippen molar-refractivity contribution in [3.05, 3.63) is 21.9 Å². The van der Waals surface area contributed by atoms with Crippen molar-refractivity contribution >= 4 is 17.2 Å². The van der Waals surface area contributed by atoms with Crippen LogP contribution < -0.4 is 5.32 Å². The van der Waals surface area contributed by atoms with Gasteiger partial charge < -0.3 is 10.4 Å². The van der Waals surface area contributed by atoms with Gasteiger partial charge in [0.15, 0.2) is 0 Å². The van der Waals surface area contributed by atoms with E-state index in [0.29, 0.717) is 5.92 Å². The summed E-state index contributed by atoms with van der Waals surface area (Å²) in [5.74, 6) is 0.654. The molecule has 0 aliphatic heterocycles. The van der Waals surface area contributed by atoms with Gasteiger partial charge in [-0.3, -0.25) is 4.79 Å². The first kappa shape index (κ1) is 13.6. The normalized spacial score (nSPS) is 28.1. The number of thiophene rings is 1. The van der Waals surface area contributed by atoms with E-state index >= 15 is 0 Å². The van der Waals surface area contributed by atoms with Crippen LogP contribution in [0.4, 0.5) is 0 Å². The molecule has 1 aromatic heterocycles. The van der Waals surface area contributed by atoms with Gasteiger partial charge in [-0.2, -0.15) is 11.3 Å². The Balaban J connectivity index is 2.07. The van der Waals surface area contributed by atoms with Gasteiger partial charge in [0, 0.05) is 5.38 Å². The number of aryl methyl sites for hydroxylation is 1. The summed E-state index contributed by atoms with van der Waals surface area (Å²) >= 11 is 1.54. The lowest BCUT2D eigenvalue weighted by Gasteiger charge is -2.38. The molecule has 0 atom stereocenters. The summed E-state index contributed by atoms with van der Waals surface area (Å²) in [7, 11) is 0. The van der Waals surface area contributed by atoms with Gasteiger partial charge in [0.25, 0.3) is 5.91 Å². The summed E-state index contributed by atoms with van der Waals surface area (Å²) in [6, 6.07) is 0. The standard InChI is InChI=1S/C14H21NO2S/c1-10-3-5-14(9-16,6-4-10)15-13(17)12-8-18-7-11(12)2/h7-8,10,16H,3-6,9H2,1-2H3,(H,15,17). The molecule has 100 valence electrons. The van der Waals surface area contributed by atoms with Crippen molar-refractivity contribution in [3.8, 4) is 0 Å². The number of carbonyl (C=O) groups excluding carboxylic acids is 1. The maximum Gasteiger partial charge on any atom is 0.252 e. The zero-order valence-electron chi connectivity index (χ0n) is 11.0. The summed E-state index contributed by atoms with van der Waals surface area (Å²) in [6.45, 7) is 4.21. The number of aliphatic hydroxyl groups is 1. The molecule has 0 bridgehead atoms. The molecule has 0 aromatic carbocycles. The van der Waals surface area contributed by atoms with Gasteiger partial charge in [-0.15, -0.1) is 0 Å². The number of hydrogen-bond acceptors (Lipinski definition) is 3. The van der Waals surface area contributed by atoms with Gasteiger partial charge >= 0.3 is 0 Å². The molecule has 1 saturated carbocycles. The SMILES string of the molecule is Cc1cscc1C(=O)NC1(CO)CCC(C)CC1. The Bertz CT molecular complexity index is 419. The highest BCUT2D eigenvalue weighted by Gasteiger charge is 2.35. The highest BCUT2D eigenvalue weighted by atomic mass is 32.1. The lowest BCUT2D eigenvalue weighted by molar-refractivity contribution is 0.0717. The van der Waals surface area contributed by atoms with Crippen LogP contribution in [0.5, 0.6) is 0 Å². The lowest BCUT2D eigenvalue weighted by Crippen LogP contribution is -2.53. The van der Waals surface area contributed by atoms with E-state index in [4.69, 9.17) is 0 Å². The van der Waals surface area contributed by atoms with Gasteiger partial charge in [-0.05, 0) is 49.5 Å². The molecule has 2 rings (SSSR count). The van der Waals surface area contributed by atoms with E-state index in [0.717, 1.165) is 36.8 Å². The first-order chi connectivity index (χ1) is 8.56. The van der Waals surface area contributed by atoms with Gasteiger partial charge in [-0.25, -0.2) is 0 Å². The van der Waals surface area contributed by atoms with Crippen molar-refractivity contribution in [2.75, 3.05) is 6.61 Å². The number of aliphatic hydroxyl groups excluding tert-OH is 1. The van der Waals surface area contributed by atoms with Crippen molar-refractivity contribution < 1.29 is 9.90 Å². The van der Waals surface area contributed by atoms with Crippen molar-refractivity contribution in [1.29, 1.82) is 0 Å². The third kappa shape index (κ3) is 2.75. The topological polar surface area (TPSA) is 49.3 Å². The minimum absolute atomic E-state index is 0.0364. The molecule has 1 aliphatic rings. The van der Waals surface area contributed by atoms with Crippen molar-refractivity contribution in [1.82, 2.24) is 5.32 Å². The first-order valence-corrected chi connectivity index (χ1v) is 7.47. The zero-order valence-corrected chi connectivity index (χ0v) is 11.8. The van der Waals surface area contributed by atoms with E-state index in [1.54, 1.807) is 11.3 Å². The molecule has 3 nitrogen and oxygen atoms in total. The molecule has 1 fully saturated rings. The van der Waals surface area contributed by atoms with E-state index in [1.165, 1.54) is 0 Å². The second-order valence-electron chi connectivity index (χ2n) is 5.54. The summed E-state index contributed by atoms with van der Waals surface area (Å²) < 4.78 is 0. The summed E-state index contributed by atoms with van der Waals surface area (Å²) in [5, 5.41) is 16.5. The molecule has 0 spiro atoms. The van der Waals surface area contributed by atoms with Crippen molar-refractivity contribution in [2.24, 2.45) is 5.92 Å². The van der Waals surface area contributed by atoms with Gasteiger partial charge in [-0.1, -0.05) is 6.92 Å². The molecule has 1 heterocycles. The van der Waals surface area contributed by atoms with E-state index < -0.39 is 5.54 Å². The number of rotatable bonds is 3.